The highest BCUT2D eigenvalue weighted by Crippen LogP contribution is 2.64. The SMILES string of the molecule is COC(=O)N1C(=O)[C@H]2[C@H](CC=C3[C@H]2C[C@H]2C(=O)N(c4cc(-c5sc6ccc(Cl)cc6c5C)nn4C)C(=O)[C@@]2(C)[C@H]3c2cc(Br)ccc2O)C1=O. The molecule has 4 aliphatic rings. The molecule has 4 heterocycles. The first kappa shape index (κ1) is 32.9. The third-order valence-corrected chi connectivity index (χ3v) is 13.2. The summed E-state index contributed by atoms with van der Waals surface area (Å²) >= 11 is 11.3. The van der Waals surface area contributed by atoms with Gasteiger partial charge in [-0.2, -0.15) is 10.00 Å². The van der Waals surface area contributed by atoms with Crippen molar-refractivity contribution in [2.75, 3.05) is 12.0 Å². The molecule has 256 valence electrons. The number of aryl methyl sites for hydroxylation is 2. The van der Waals surface area contributed by atoms with Crippen LogP contribution in [0.3, 0.4) is 0 Å². The van der Waals surface area contributed by atoms with Crippen LogP contribution >= 0.6 is 38.9 Å². The zero-order valence-corrected chi connectivity index (χ0v) is 30.4. The highest BCUT2D eigenvalue weighted by Gasteiger charge is 2.68. The Hall–Kier alpha value is -4.33. The number of allylic oxidation sites excluding steroid dienone is 2. The van der Waals surface area contributed by atoms with E-state index in [1.165, 1.54) is 27.0 Å². The number of fused-ring (bicyclic) bond motifs is 5. The number of methoxy groups -OCH3 is 1. The molecular weight excluding hydrogens is 748 g/mol. The van der Waals surface area contributed by atoms with E-state index >= 15 is 0 Å². The van der Waals surface area contributed by atoms with Crippen LogP contribution in [0, 0.1) is 36.0 Å². The average Bonchev–Trinajstić information content (AvgIpc) is 3.75. The Labute approximate surface area is 303 Å². The normalized spacial score (nSPS) is 27.5. The Bertz CT molecular complexity index is 2260. The molecule has 6 atom stereocenters. The molecule has 3 fully saturated rings. The van der Waals surface area contributed by atoms with Gasteiger partial charge in [-0.3, -0.25) is 23.9 Å². The van der Waals surface area contributed by atoms with Gasteiger partial charge in [0.2, 0.25) is 23.6 Å². The van der Waals surface area contributed by atoms with Gasteiger partial charge in [0, 0.05) is 38.8 Å². The summed E-state index contributed by atoms with van der Waals surface area (Å²) in [6, 6.07) is 12.3. The lowest BCUT2D eigenvalue weighted by atomic mass is 9.51. The number of carbonyl (C=O) groups excluding carboxylic acids is 5. The van der Waals surface area contributed by atoms with E-state index in [4.69, 9.17) is 21.4 Å². The highest BCUT2D eigenvalue weighted by molar-refractivity contribution is 9.10. The Kier molecular flexibility index (Phi) is 7.45. The Morgan fingerprint density at radius 2 is 1.84 bits per heavy atom. The van der Waals surface area contributed by atoms with Gasteiger partial charge in [-0.05, 0) is 80.0 Å². The second kappa shape index (κ2) is 11.3. The van der Waals surface area contributed by atoms with Gasteiger partial charge in [0.15, 0.2) is 0 Å². The summed E-state index contributed by atoms with van der Waals surface area (Å²) in [5.41, 5.74) is 1.28. The fourth-order valence-corrected chi connectivity index (χ4v) is 10.5. The number of aromatic nitrogens is 2. The van der Waals surface area contributed by atoms with Gasteiger partial charge in [-0.25, -0.2) is 9.69 Å². The molecule has 2 aliphatic carbocycles. The number of thiophene rings is 1. The second-order valence-electron chi connectivity index (χ2n) is 13.6. The van der Waals surface area contributed by atoms with E-state index in [9.17, 15) is 29.1 Å². The number of phenols is 1. The summed E-state index contributed by atoms with van der Waals surface area (Å²) in [5, 5.41) is 17.6. The van der Waals surface area contributed by atoms with Gasteiger partial charge in [0.25, 0.3) is 0 Å². The number of phenolic OH excluding ortho intramolecular Hbond substituents is 1. The van der Waals surface area contributed by atoms with Gasteiger partial charge in [0.05, 0.1) is 35.2 Å². The summed E-state index contributed by atoms with van der Waals surface area (Å²) in [5.74, 6) is -6.22. The number of rotatable bonds is 3. The van der Waals surface area contributed by atoms with Gasteiger partial charge < -0.3 is 9.84 Å². The van der Waals surface area contributed by atoms with Crippen LogP contribution in [0.25, 0.3) is 20.7 Å². The summed E-state index contributed by atoms with van der Waals surface area (Å²) in [4.78, 5) is 71.9. The number of amides is 5. The zero-order chi connectivity index (χ0) is 35.5. The Morgan fingerprint density at radius 1 is 1.08 bits per heavy atom. The maximum atomic E-state index is 14.9. The largest absolute Gasteiger partial charge is 0.508 e. The monoisotopic (exact) mass is 776 g/mol. The molecule has 4 aromatic rings. The van der Waals surface area contributed by atoms with Crippen LogP contribution in [-0.4, -0.2) is 56.6 Å². The molecule has 1 N–H and O–H groups in total. The number of hydrogen-bond donors (Lipinski definition) is 1. The van der Waals surface area contributed by atoms with Gasteiger partial charge in [0.1, 0.15) is 17.3 Å². The fraction of sp³-hybridized carbons (Fsp3) is 0.333. The van der Waals surface area contributed by atoms with Crippen molar-refractivity contribution in [1.82, 2.24) is 14.7 Å². The fourth-order valence-electron chi connectivity index (χ4n) is 8.82. The van der Waals surface area contributed by atoms with Crippen LogP contribution < -0.4 is 4.90 Å². The zero-order valence-electron chi connectivity index (χ0n) is 27.3. The van der Waals surface area contributed by atoms with Crippen molar-refractivity contribution in [2.45, 2.75) is 32.6 Å². The molecule has 0 bridgehead atoms. The van der Waals surface area contributed by atoms with Crippen molar-refractivity contribution in [3.63, 3.8) is 0 Å². The first-order valence-corrected chi connectivity index (χ1v) is 18.0. The van der Waals surface area contributed by atoms with Crippen LogP contribution in [0.4, 0.5) is 10.6 Å². The lowest BCUT2D eigenvalue weighted by Gasteiger charge is -2.49. The number of imide groups is 4. The summed E-state index contributed by atoms with van der Waals surface area (Å²) in [6.45, 7) is 3.72. The van der Waals surface area contributed by atoms with Crippen molar-refractivity contribution in [3.8, 4) is 16.3 Å². The lowest BCUT2D eigenvalue weighted by Crippen LogP contribution is -2.49. The molecule has 8 rings (SSSR count). The van der Waals surface area contributed by atoms with E-state index in [-0.39, 0.29) is 24.4 Å². The molecule has 1 saturated carbocycles. The molecule has 2 saturated heterocycles. The molecule has 5 amide bonds. The summed E-state index contributed by atoms with van der Waals surface area (Å²) in [7, 11) is 2.78. The maximum Gasteiger partial charge on any atom is 0.423 e. The van der Waals surface area contributed by atoms with Crippen molar-refractivity contribution >= 4 is 84.5 Å². The number of anilines is 1. The molecule has 2 aromatic carbocycles. The number of carbonyl (C=O) groups is 5. The van der Waals surface area contributed by atoms with Crippen LogP contribution in [-0.2, 0) is 31.0 Å². The molecule has 11 nitrogen and oxygen atoms in total. The highest BCUT2D eigenvalue weighted by atomic mass is 79.9. The third kappa shape index (κ3) is 4.38. The number of likely N-dealkylation sites (tertiary alicyclic amines) is 1. The maximum absolute atomic E-state index is 14.9. The van der Waals surface area contributed by atoms with E-state index in [1.807, 2.05) is 31.2 Å². The quantitative estimate of drug-likeness (QED) is 0.179. The minimum Gasteiger partial charge on any atom is -0.508 e. The van der Waals surface area contributed by atoms with Crippen molar-refractivity contribution in [3.05, 3.63) is 74.7 Å². The number of hydrogen-bond acceptors (Lipinski definition) is 9. The van der Waals surface area contributed by atoms with Crippen LogP contribution in [0.15, 0.2) is 58.6 Å². The Balaban J connectivity index is 1.26. The number of ether oxygens (including phenoxy) is 1. The van der Waals surface area contributed by atoms with E-state index in [0.717, 1.165) is 27.6 Å². The molecule has 2 aromatic heterocycles. The second-order valence-corrected chi connectivity index (χ2v) is 16.0. The van der Waals surface area contributed by atoms with Crippen LogP contribution in [0.1, 0.15) is 36.8 Å². The number of benzene rings is 2. The topological polar surface area (TPSA) is 139 Å². The predicted octanol–water partition coefficient (Wildman–Crippen LogP) is 6.73. The average molecular weight is 778 g/mol. The molecule has 0 radical (unpaired) electrons. The summed E-state index contributed by atoms with van der Waals surface area (Å²) < 4.78 is 7.95. The summed E-state index contributed by atoms with van der Waals surface area (Å²) in [6.07, 6.45) is 1.03. The first-order chi connectivity index (χ1) is 23.8. The number of nitrogens with zero attached hydrogens (tertiary/aromatic N) is 4. The number of halogens is 2. The van der Waals surface area contributed by atoms with Gasteiger partial charge >= 0.3 is 6.09 Å². The molecule has 0 spiro atoms. The van der Waals surface area contributed by atoms with E-state index < -0.39 is 64.7 Å². The predicted molar refractivity (Wildman–Crippen MR) is 188 cm³/mol. The minimum atomic E-state index is -1.38. The van der Waals surface area contributed by atoms with Crippen LogP contribution in [0.5, 0.6) is 5.75 Å². The standard InChI is InChI=1S/C36H30BrClN4O7S/c1-15-20-12-17(38)6-10-26(20)50-30(15)24-14-27(40(3)39-24)41-32(45)23-13-21-18(7-8-19-28(21)33(46)42(31(19)44)35(48)49-4)29(36(23,2)34(41)47)22-11-16(37)5-9-25(22)43/h5-7,9-12,14,19,21,23,28-29,43H,8,13H2,1-4H3/t19-,21+,23-,28-,29+,36+/m0/s1. The van der Waals surface area contributed by atoms with Gasteiger partial charge in [-0.15, -0.1) is 11.3 Å². The molecule has 14 heteroatoms. The minimum absolute atomic E-state index is 0.0753. The Morgan fingerprint density at radius 3 is 2.58 bits per heavy atom. The third-order valence-electron chi connectivity index (χ3n) is 11.1. The first-order valence-electron chi connectivity index (χ1n) is 16.0. The van der Waals surface area contributed by atoms with Gasteiger partial charge in [-0.1, -0.05) is 39.2 Å². The van der Waals surface area contributed by atoms with Crippen LogP contribution in [0.2, 0.25) is 5.02 Å². The van der Waals surface area contributed by atoms with Crippen molar-refractivity contribution in [1.29, 1.82) is 0 Å². The van der Waals surface area contributed by atoms with E-state index in [0.29, 0.717) is 31.2 Å². The lowest BCUT2D eigenvalue weighted by molar-refractivity contribution is -0.138. The molecule has 0 unspecified atom stereocenters. The van der Waals surface area contributed by atoms with Crippen molar-refractivity contribution in [2.24, 2.45) is 36.1 Å². The van der Waals surface area contributed by atoms with E-state index in [2.05, 4.69) is 15.9 Å². The van der Waals surface area contributed by atoms with Crippen molar-refractivity contribution < 1.29 is 33.8 Å². The van der Waals surface area contributed by atoms with E-state index in [1.54, 1.807) is 32.2 Å². The smallest absolute Gasteiger partial charge is 0.423 e. The number of aromatic hydroxyl groups is 1. The molecular formula is C36H30BrClN4O7S. The molecule has 2 aliphatic heterocycles. The molecule has 50 heavy (non-hydrogen) atoms.